The van der Waals surface area contributed by atoms with Crippen molar-refractivity contribution in [2.45, 2.75) is 48.5 Å². The molecule has 2 aliphatic rings. The number of anilines is 2. The Morgan fingerprint density at radius 2 is 1.18 bits per heavy atom. The molecular formula is C50H48Cl2N4O3Ru. The maximum absolute atomic E-state index is 10.7. The second-order valence-corrected chi connectivity index (χ2v) is 24.6. The number of halogens is 2. The zero-order valence-corrected chi connectivity index (χ0v) is 38.0. The van der Waals surface area contributed by atoms with E-state index >= 15 is 0 Å². The number of fused-ring (bicyclic) bond motifs is 1. The predicted molar refractivity (Wildman–Crippen MR) is 250 cm³/mol. The van der Waals surface area contributed by atoms with Crippen molar-refractivity contribution in [3.63, 3.8) is 0 Å². The molecule has 10 heteroatoms. The van der Waals surface area contributed by atoms with Crippen LogP contribution in [0.25, 0.3) is 5.57 Å². The summed E-state index contributed by atoms with van der Waals surface area (Å²) in [6, 6.07) is 39.6. The molecule has 0 aromatic heterocycles. The molecule has 6 aromatic rings. The average Bonchev–Trinajstić information content (AvgIpc) is 3.81. The summed E-state index contributed by atoms with van der Waals surface area (Å²) >= 11 is -3.77. The number of aliphatic imine (C=N–C) groups is 1. The fourth-order valence-electron chi connectivity index (χ4n) is 8.22. The molecule has 1 heterocycles. The van der Waals surface area contributed by atoms with Crippen LogP contribution in [-0.2, 0) is 11.9 Å². The van der Waals surface area contributed by atoms with Crippen molar-refractivity contribution in [1.82, 2.24) is 0 Å². The molecule has 0 radical (unpaired) electrons. The van der Waals surface area contributed by atoms with Crippen LogP contribution in [0.5, 0.6) is 5.75 Å². The number of rotatable bonds is 6. The molecule has 7 nitrogen and oxygen atoms in total. The van der Waals surface area contributed by atoms with Gasteiger partial charge < -0.3 is 5.11 Å². The van der Waals surface area contributed by atoms with Crippen LogP contribution in [0.4, 0.5) is 22.7 Å². The largest absolute Gasteiger partial charge is 0.507 e. The Morgan fingerprint density at radius 3 is 1.72 bits per heavy atom. The molecule has 1 fully saturated rings. The van der Waals surface area contributed by atoms with Crippen LogP contribution >= 0.6 is 19.4 Å². The van der Waals surface area contributed by atoms with Crippen LogP contribution in [0.3, 0.4) is 0 Å². The van der Waals surface area contributed by atoms with Gasteiger partial charge in [0.1, 0.15) is 5.75 Å². The number of phenols is 1. The minimum absolute atomic E-state index is 0.0403. The van der Waals surface area contributed by atoms with E-state index in [2.05, 4.69) is 141 Å². The van der Waals surface area contributed by atoms with E-state index in [1.807, 2.05) is 31.2 Å². The van der Waals surface area contributed by atoms with E-state index in [0.29, 0.717) is 5.56 Å². The van der Waals surface area contributed by atoms with E-state index in [-0.39, 0.29) is 11.4 Å². The first-order valence-electron chi connectivity index (χ1n) is 19.7. The van der Waals surface area contributed by atoms with Gasteiger partial charge in [0, 0.05) is 23.9 Å². The van der Waals surface area contributed by atoms with Crippen LogP contribution in [0.15, 0.2) is 132 Å². The average molecular weight is 925 g/mol. The summed E-state index contributed by atoms with van der Waals surface area (Å²) in [7, 11) is 15.8. The van der Waals surface area contributed by atoms with E-state index in [9.17, 15) is 15.2 Å². The van der Waals surface area contributed by atoms with Crippen LogP contribution in [0.2, 0.25) is 0 Å². The minimum Gasteiger partial charge on any atom is -0.507 e. The van der Waals surface area contributed by atoms with E-state index in [4.69, 9.17) is 19.4 Å². The van der Waals surface area contributed by atoms with E-state index in [1.54, 1.807) is 0 Å². The molecule has 60 heavy (non-hydrogen) atoms. The summed E-state index contributed by atoms with van der Waals surface area (Å²) in [6.45, 7) is 16.8. The first-order chi connectivity index (χ1) is 28.6. The summed E-state index contributed by atoms with van der Waals surface area (Å²) in [6.07, 6.45) is 3.69. The van der Waals surface area contributed by atoms with Crippen LogP contribution in [0, 0.1) is 58.6 Å². The molecule has 8 rings (SSSR count). The van der Waals surface area contributed by atoms with E-state index in [0.717, 1.165) is 38.4 Å². The number of hydrogen-bond acceptors (Lipinski definition) is 6. The van der Waals surface area contributed by atoms with Gasteiger partial charge in [-0.25, -0.2) is 0 Å². The quantitative estimate of drug-likeness (QED) is 0.0779. The maximum Gasteiger partial charge on any atom is 0.270 e. The summed E-state index contributed by atoms with van der Waals surface area (Å²) in [4.78, 5) is 19.2. The molecule has 0 atom stereocenters. The van der Waals surface area contributed by atoms with Crippen LogP contribution in [-0.4, -0.2) is 37.8 Å². The van der Waals surface area contributed by atoms with Gasteiger partial charge in [-0.15, -0.1) is 0 Å². The number of allylic oxidation sites excluding steroid dienone is 1. The monoisotopic (exact) mass is 924 g/mol. The smallest absolute Gasteiger partial charge is 0.270 e. The molecule has 0 spiro atoms. The van der Waals surface area contributed by atoms with Crippen molar-refractivity contribution in [3.8, 4) is 5.75 Å². The van der Waals surface area contributed by atoms with Crippen molar-refractivity contribution in [3.05, 3.63) is 199 Å². The van der Waals surface area contributed by atoms with Crippen LogP contribution < -0.4 is 9.80 Å². The molecule has 308 valence electrons. The summed E-state index contributed by atoms with van der Waals surface area (Å²) in [5.74, 6) is -0.0403. The topological polar surface area (TPSA) is 82.2 Å². The predicted octanol–water partition coefficient (Wildman–Crippen LogP) is 12.4. The van der Waals surface area contributed by atoms with Gasteiger partial charge in [-0.1, -0.05) is 17.7 Å². The zero-order valence-electron chi connectivity index (χ0n) is 34.8. The van der Waals surface area contributed by atoms with Crippen molar-refractivity contribution in [2.24, 2.45) is 4.99 Å². The second kappa shape index (κ2) is 17.6. The van der Waals surface area contributed by atoms with Gasteiger partial charge in [0.2, 0.25) is 0 Å². The van der Waals surface area contributed by atoms with Crippen LogP contribution in [0.1, 0.15) is 61.2 Å². The fraction of sp³-hybridized carbons (Fsp3) is 0.180. The molecule has 1 aliphatic heterocycles. The number of aromatic hydroxyl groups is 1. The van der Waals surface area contributed by atoms with Gasteiger partial charge in [0.15, 0.2) is 0 Å². The Labute approximate surface area is 363 Å². The van der Waals surface area contributed by atoms with E-state index in [1.165, 1.54) is 85.9 Å². The standard InChI is InChI=1S/C21H26N2.C15H10.C14H12N2O3.2ClH.Ru/c1-14-9-16(3)20(17(4)10-14)22-7-8-23(13-22)21-18(5)11-15(2)12-19(21)6;1-2-6-12(7-3-1)15-11-10-13-8-4-5-9-14(13)15;1-10-2-4-12(5-3-10)15-9-11-8-13(16(18)19)6-7-14(11)17;;;/h9-12H,7-8H2,1-6H3;1-9,11H;2-9,17H,1H3;2*1H;/q;;;;;+2/p-2. The number of nitrogens with zero attached hydrogens (tertiary/aromatic N) is 4. The van der Waals surface area contributed by atoms with Crippen molar-refractivity contribution >= 4 is 62.4 Å². The van der Waals surface area contributed by atoms with Gasteiger partial charge in [-0.3, -0.25) is 15.1 Å². The zero-order chi connectivity index (χ0) is 42.9. The number of non-ortho nitro benzene ring substituents is 1. The van der Waals surface area contributed by atoms with E-state index < -0.39 is 16.8 Å². The van der Waals surface area contributed by atoms with Gasteiger partial charge in [-0.2, -0.15) is 0 Å². The third-order valence-corrected chi connectivity index (χ3v) is 17.6. The Morgan fingerprint density at radius 1 is 0.667 bits per heavy atom. The SMILES string of the molecule is Cc1cc(C)c(N2CCN(c3c(C)cc(C)cc3C)[C]2=[Ru]([Cl])([Cl])=[C]2C=C(c3ccccc3)c3ccccc32)c(C)c1.Cc1ccc(N=Cc2cc([N+](=O)[O-])ccc2O)cc1. The normalized spacial score (nSPS) is 14.0. The summed E-state index contributed by atoms with van der Waals surface area (Å²) in [5.41, 5.74) is 16.8. The molecule has 1 N–H and O–H groups in total. The first kappa shape index (κ1) is 42.6. The van der Waals surface area contributed by atoms with Gasteiger partial charge in [0.25, 0.3) is 5.69 Å². The van der Waals surface area contributed by atoms with Crippen molar-refractivity contribution in [1.29, 1.82) is 0 Å². The molecular weight excluding hydrogens is 877 g/mol. The minimum atomic E-state index is -3.77. The first-order valence-corrected chi connectivity index (χ1v) is 25.9. The Hall–Kier alpha value is -5.53. The number of nitro groups is 1. The van der Waals surface area contributed by atoms with Gasteiger partial charge >= 0.3 is 256 Å². The van der Waals surface area contributed by atoms with Crippen molar-refractivity contribution in [2.75, 3.05) is 22.9 Å². The summed E-state index contributed by atoms with van der Waals surface area (Å²) < 4.78 is 2.14. The number of benzene rings is 6. The number of hydrogen-bond donors (Lipinski definition) is 1. The Kier molecular flexibility index (Phi) is 12.5. The number of nitro benzene ring substituents is 1. The molecule has 1 saturated heterocycles. The van der Waals surface area contributed by atoms with Gasteiger partial charge in [-0.05, 0) is 25.1 Å². The molecule has 0 bridgehead atoms. The third kappa shape index (κ3) is 8.69. The number of phenolic OH excluding ortho intramolecular Hbond substituents is 1. The van der Waals surface area contributed by atoms with Crippen molar-refractivity contribution < 1.29 is 21.9 Å². The summed E-state index contributed by atoms with van der Waals surface area (Å²) in [5, 5.41) is 20.3. The number of aryl methyl sites for hydroxylation is 7. The third-order valence-electron chi connectivity index (χ3n) is 10.7. The molecule has 0 unspecified atom stereocenters. The Bertz CT molecular complexity index is 2720. The molecule has 0 amide bonds. The fourth-order valence-corrected chi connectivity index (χ4v) is 15.1. The van der Waals surface area contributed by atoms with Gasteiger partial charge in [0.05, 0.1) is 10.6 Å². The second-order valence-electron chi connectivity index (χ2n) is 15.4. The molecule has 6 aromatic carbocycles. The maximum atomic E-state index is 10.7. The Balaban J connectivity index is 0.000000240. The molecule has 0 saturated carbocycles. The molecule has 1 aliphatic carbocycles.